The molecule has 80 valence electrons. The van der Waals surface area contributed by atoms with Gasteiger partial charge in [0.1, 0.15) is 6.61 Å². The number of hydrogen-bond donors (Lipinski definition) is 0. The molecule has 1 rings (SSSR count). The lowest BCUT2D eigenvalue weighted by Crippen LogP contribution is -2.00. The molecule has 0 bridgehead atoms. The van der Waals surface area contributed by atoms with E-state index in [1.54, 1.807) is 0 Å². The van der Waals surface area contributed by atoms with Crippen molar-refractivity contribution < 1.29 is 14.3 Å². The molecule has 3 heteroatoms. The first kappa shape index (κ1) is 11.3. The Labute approximate surface area is 89.3 Å². The first-order valence-electron chi connectivity index (χ1n) is 4.81. The van der Waals surface area contributed by atoms with E-state index in [-0.39, 0.29) is 6.61 Å². The van der Waals surface area contributed by atoms with Gasteiger partial charge in [0.15, 0.2) is 0 Å². The smallest absolute Gasteiger partial charge is 0.334 e. The van der Waals surface area contributed by atoms with Gasteiger partial charge in [-0.15, -0.1) is 0 Å². The predicted octanol–water partition coefficient (Wildman–Crippen LogP) is 2.28. The lowest BCUT2D eigenvalue weighted by Gasteiger charge is -2.01. The van der Waals surface area contributed by atoms with Gasteiger partial charge in [0, 0.05) is 0 Å². The van der Waals surface area contributed by atoms with E-state index in [4.69, 9.17) is 9.47 Å². The molecule has 3 nitrogen and oxygen atoms in total. The van der Waals surface area contributed by atoms with Crippen LogP contribution in [0.1, 0.15) is 12.5 Å². The largest absolute Gasteiger partial charge is 0.501 e. The minimum Gasteiger partial charge on any atom is -0.501 e. The van der Waals surface area contributed by atoms with Crippen LogP contribution in [0.3, 0.4) is 0 Å². The normalized spacial score (nSPS) is 10.2. The predicted molar refractivity (Wildman–Crippen MR) is 57.0 cm³/mol. The van der Waals surface area contributed by atoms with Crippen LogP contribution in [-0.4, -0.2) is 12.6 Å². The zero-order valence-electron chi connectivity index (χ0n) is 8.68. The summed E-state index contributed by atoms with van der Waals surface area (Å²) in [5.41, 5.74) is 0.968. The molecule has 0 saturated carbocycles. The summed E-state index contributed by atoms with van der Waals surface area (Å²) in [7, 11) is 0. The average molecular weight is 206 g/mol. The van der Waals surface area contributed by atoms with Crippen molar-refractivity contribution in [3.63, 3.8) is 0 Å². The van der Waals surface area contributed by atoms with Crippen molar-refractivity contribution in [3.05, 3.63) is 48.2 Å². The Morgan fingerprint density at radius 1 is 1.33 bits per heavy atom. The highest BCUT2D eigenvalue weighted by molar-refractivity contribution is 5.81. The van der Waals surface area contributed by atoms with Crippen LogP contribution >= 0.6 is 0 Å². The lowest BCUT2D eigenvalue weighted by atomic mass is 10.2. The second-order valence-electron chi connectivity index (χ2n) is 2.85. The molecule has 0 fully saturated rings. The minimum absolute atomic E-state index is 0.288. The molecule has 0 aliphatic heterocycles. The maximum absolute atomic E-state index is 11.1. The minimum atomic E-state index is -0.396. The zero-order chi connectivity index (χ0) is 10.9. The maximum atomic E-state index is 11.1. The van der Waals surface area contributed by atoms with E-state index >= 15 is 0 Å². The molecule has 0 saturated heterocycles. The molecule has 1 aromatic rings. The molecule has 0 amide bonds. The number of carbonyl (C=O) groups excluding carboxylic acids is 1. The van der Waals surface area contributed by atoms with Crippen molar-refractivity contribution in [3.8, 4) is 0 Å². The molecule has 0 N–H and O–H groups in total. The van der Waals surface area contributed by atoms with E-state index in [0.29, 0.717) is 6.61 Å². The number of ether oxygens (including phenoxy) is 2. The van der Waals surface area contributed by atoms with Crippen molar-refractivity contribution in [2.24, 2.45) is 0 Å². The molecule has 0 atom stereocenters. The van der Waals surface area contributed by atoms with Crippen molar-refractivity contribution in [1.82, 2.24) is 0 Å². The van der Waals surface area contributed by atoms with Crippen LogP contribution in [-0.2, 0) is 20.9 Å². The van der Waals surface area contributed by atoms with Crippen molar-refractivity contribution in [2.45, 2.75) is 13.5 Å². The number of carbonyl (C=O) groups is 1. The molecular formula is C12H14O3. The van der Waals surface area contributed by atoms with Gasteiger partial charge in [-0.2, -0.15) is 0 Å². The number of rotatable bonds is 5. The number of hydrogen-bond acceptors (Lipinski definition) is 3. The van der Waals surface area contributed by atoms with E-state index in [0.717, 1.165) is 5.56 Å². The van der Waals surface area contributed by atoms with Crippen LogP contribution < -0.4 is 0 Å². The van der Waals surface area contributed by atoms with Gasteiger partial charge in [-0.05, 0) is 12.5 Å². The van der Waals surface area contributed by atoms with Crippen molar-refractivity contribution >= 4 is 5.97 Å². The highest BCUT2D eigenvalue weighted by Crippen LogP contribution is 2.00. The van der Waals surface area contributed by atoms with Crippen LogP contribution in [0.25, 0.3) is 0 Å². The monoisotopic (exact) mass is 206 g/mol. The summed E-state index contributed by atoms with van der Waals surface area (Å²) in [6.07, 6.45) is 2.61. The zero-order valence-corrected chi connectivity index (χ0v) is 8.68. The molecule has 1 aromatic carbocycles. The molecule has 0 aromatic heterocycles. The molecule has 0 aliphatic carbocycles. The summed E-state index contributed by atoms with van der Waals surface area (Å²) >= 11 is 0. The van der Waals surface area contributed by atoms with Crippen LogP contribution in [0.4, 0.5) is 0 Å². The average Bonchev–Trinajstić information content (AvgIpc) is 2.28. The fourth-order valence-corrected chi connectivity index (χ4v) is 0.977. The molecule has 0 heterocycles. The van der Waals surface area contributed by atoms with Crippen molar-refractivity contribution in [2.75, 3.05) is 6.61 Å². The van der Waals surface area contributed by atoms with E-state index in [2.05, 4.69) is 0 Å². The van der Waals surface area contributed by atoms with E-state index in [1.807, 2.05) is 37.3 Å². The second-order valence-corrected chi connectivity index (χ2v) is 2.85. The summed E-state index contributed by atoms with van der Waals surface area (Å²) in [4.78, 5) is 11.1. The molecule has 0 radical (unpaired) electrons. The van der Waals surface area contributed by atoms with E-state index in [9.17, 15) is 4.79 Å². The van der Waals surface area contributed by atoms with Crippen LogP contribution in [0.5, 0.6) is 0 Å². The third-order valence-electron chi connectivity index (χ3n) is 1.69. The Morgan fingerprint density at radius 2 is 2.07 bits per heavy atom. The molecular weight excluding hydrogens is 192 g/mol. The molecule has 0 unspecified atom stereocenters. The third kappa shape index (κ3) is 4.86. The first-order valence-corrected chi connectivity index (χ1v) is 4.81. The van der Waals surface area contributed by atoms with Crippen LogP contribution in [0, 0.1) is 0 Å². The summed E-state index contributed by atoms with van der Waals surface area (Å²) in [6.45, 7) is 2.68. The Bertz CT molecular complexity index is 317. The maximum Gasteiger partial charge on any atom is 0.334 e. The van der Waals surface area contributed by atoms with Crippen LogP contribution in [0.15, 0.2) is 42.7 Å². The van der Waals surface area contributed by atoms with Gasteiger partial charge in [-0.25, -0.2) is 4.79 Å². The van der Waals surface area contributed by atoms with Gasteiger partial charge in [0.05, 0.1) is 18.9 Å². The van der Waals surface area contributed by atoms with Crippen molar-refractivity contribution in [1.29, 1.82) is 0 Å². The first-order chi connectivity index (χ1) is 7.33. The topological polar surface area (TPSA) is 35.5 Å². The van der Waals surface area contributed by atoms with Gasteiger partial charge < -0.3 is 9.47 Å². The Kier molecular flexibility index (Phi) is 5.01. The second kappa shape index (κ2) is 6.65. The van der Waals surface area contributed by atoms with Gasteiger partial charge >= 0.3 is 5.97 Å². The summed E-state index contributed by atoms with van der Waals surface area (Å²) in [6, 6.07) is 9.53. The standard InChI is InChI=1S/C12H14O3/c1-2-14-9-8-12(13)15-10-11-6-4-3-5-7-11/h3-9H,2,10H2,1H3. The highest BCUT2D eigenvalue weighted by Gasteiger charge is 1.97. The van der Waals surface area contributed by atoms with Gasteiger partial charge in [-0.3, -0.25) is 0 Å². The van der Waals surface area contributed by atoms with Gasteiger partial charge in [0.2, 0.25) is 0 Å². The van der Waals surface area contributed by atoms with Crippen LogP contribution in [0.2, 0.25) is 0 Å². The van der Waals surface area contributed by atoms with Gasteiger partial charge in [0.25, 0.3) is 0 Å². The molecule has 0 spiro atoms. The number of benzene rings is 1. The Hall–Kier alpha value is -1.77. The summed E-state index contributed by atoms with van der Waals surface area (Å²) < 4.78 is 9.84. The lowest BCUT2D eigenvalue weighted by molar-refractivity contribution is -0.139. The summed E-state index contributed by atoms with van der Waals surface area (Å²) in [5, 5.41) is 0. The van der Waals surface area contributed by atoms with E-state index in [1.165, 1.54) is 12.3 Å². The molecule has 15 heavy (non-hydrogen) atoms. The highest BCUT2D eigenvalue weighted by atomic mass is 16.5. The Morgan fingerprint density at radius 3 is 2.73 bits per heavy atom. The third-order valence-corrected chi connectivity index (χ3v) is 1.69. The quantitative estimate of drug-likeness (QED) is 0.421. The van der Waals surface area contributed by atoms with E-state index < -0.39 is 5.97 Å². The summed E-state index contributed by atoms with van der Waals surface area (Å²) in [5.74, 6) is -0.396. The SMILES string of the molecule is CCOC=CC(=O)OCc1ccccc1. The number of esters is 1. The fraction of sp³-hybridized carbons (Fsp3) is 0.250. The Balaban J connectivity index is 2.28. The van der Waals surface area contributed by atoms with Gasteiger partial charge in [-0.1, -0.05) is 30.3 Å². The fourth-order valence-electron chi connectivity index (χ4n) is 0.977. The molecule has 0 aliphatic rings.